The first-order valence-electron chi connectivity index (χ1n) is 6.90. The van der Waals surface area contributed by atoms with Gasteiger partial charge in [-0.2, -0.15) is 0 Å². The number of nitrogens with one attached hydrogen (secondary N) is 3. The van der Waals surface area contributed by atoms with Crippen molar-refractivity contribution in [3.63, 3.8) is 0 Å². The number of amides is 1. The van der Waals surface area contributed by atoms with Crippen molar-refractivity contribution < 1.29 is 14.1 Å². The van der Waals surface area contributed by atoms with Crippen molar-refractivity contribution in [2.75, 3.05) is 5.32 Å². The number of hydrogen-bond acceptors (Lipinski definition) is 5. The Morgan fingerprint density at radius 1 is 1.23 bits per heavy atom. The van der Waals surface area contributed by atoms with Crippen LogP contribution in [-0.4, -0.2) is 25.9 Å². The summed E-state index contributed by atoms with van der Waals surface area (Å²) in [5, 5.41) is 18.5. The fourth-order valence-corrected chi connectivity index (χ4v) is 2.37. The molecule has 8 nitrogen and oxygen atoms in total. The van der Waals surface area contributed by atoms with Crippen LogP contribution in [0.3, 0.4) is 0 Å². The first-order valence-corrected chi connectivity index (χ1v) is 8.44. The molecule has 1 unspecified atom stereocenters. The lowest BCUT2D eigenvalue weighted by Gasteiger charge is -2.27. The monoisotopic (exact) mass is 436 g/mol. The van der Waals surface area contributed by atoms with Gasteiger partial charge in [0.25, 0.3) is 11.6 Å². The minimum atomic E-state index is -1.95. The SMILES string of the molecule is O=C(NC(NC(=S)Nc1cccc([N+](=O)[O-])c1)C(Cl)(Cl)Cl)c1ccco1. The third-order valence-corrected chi connectivity index (χ3v) is 3.81. The summed E-state index contributed by atoms with van der Waals surface area (Å²) in [6.45, 7) is 0. The third-order valence-electron chi connectivity index (χ3n) is 2.94. The molecule has 0 aliphatic carbocycles. The number of alkyl halides is 3. The van der Waals surface area contributed by atoms with E-state index in [1.807, 2.05) is 0 Å². The van der Waals surface area contributed by atoms with E-state index in [0.717, 1.165) is 0 Å². The number of halogens is 3. The molecule has 1 atom stereocenters. The number of rotatable bonds is 5. The predicted molar refractivity (Wildman–Crippen MR) is 103 cm³/mol. The van der Waals surface area contributed by atoms with Gasteiger partial charge in [-0.05, 0) is 30.4 Å². The summed E-state index contributed by atoms with van der Waals surface area (Å²) in [5.74, 6) is -0.611. The zero-order valence-electron chi connectivity index (χ0n) is 12.7. The first-order chi connectivity index (χ1) is 12.2. The average molecular weight is 438 g/mol. The fourth-order valence-electron chi connectivity index (χ4n) is 1.81. The van der Waals surface area contributed by atoms with Gasteiger partial charge in [0.05, 0.1) is 11.2 Å². The van der Waals surface area contributed by atoms with E-state index in [0.29, 0.717) is 5.69 Å². The van der Waals surface area contributed by atoms with Gasteiger partial charge in [0, 0.05) is 17.8 Å². The number of nitro groups is 1. The highest BCUT2D eigenvalue weighted by Crippen LogP contribution is 2.29. The lowest BCUT2D eigenvalue weighted by atomic mass is 10.3. The number of furan rings is 1. The number of hydrogen-bond donors (Lipinski definition) is 3. The van der Waals surface area contributed by atoms with Gasteiger partial charge in [-0.25, -0.2) is 0 Å². The lowest BCUT2D eigenvalue weighted by Crippen LogP contribution is -2.56. The minimum Gasteiger partial charge on any atom is -0.459 e. The molecule has 1 heterocycles. The summed E-state index contributed by atoms with van der Waals surface area (Å²) >= 11 is 22.7. The maximum Gasteiger partial charge on any atom is 0.288 e. The standard InChI is InChI=1S/C14H11Cl3N4O4S/c15-14(16,17)12(19-11(22)10-5-2-6-25-10)20-13(26)18-8-3-1-4-9(7-8)21(23)24/h1-7,12H,(H,19,22)(H2,18,20,26). The van der Waals surface area contributed by atoms with Crippen LogP contribution in [0.1, 0.15) is 10.6 Å². The Bertz CT molecular complexity index is 811. The molecule has 1 aromatic carbocycles. The number of anilines is 1. The summed E-state index contributed by atoms with van der Waals surface area (Å²) < 4.78 is 3.02. The van der Waals surface area contributed by atoms with Crippen LogP contribution in [0.2, 0.25) is 0 Å². The number of thiocarbonyl (C=S) groups is 1. The first kappa shape index (κ1) is 20.2. The summed E-state index contributed by atoms with van der Waals surface area (Å²) in [4.78, 5) is 22.3. The molecule has 26 heavy (non-hydrogen) atoms. The molecule has 0 spiro atoms. The molecule has 2 aromatic rings. The van der Waals surface area contributed by atoms with Gasteiger partial charge in [-0.3, -0.25) is 14.9 Å². The predicted octanol–water partition coefficient (Wildman–Crippen LogP) is 3.60. The molecule has 3 N–H and O–H groups in total. The van der Waals surface area contributed by atoms with E-state index in [4.69, 9.17) is 51.4 Å². The van der Waals surface area contributed by atoms with Gasteiger partial charge < -0.3 is 20.4 Å². The average Bonchev–Trinajstić information content (AvgIpc) is 3.08. The molecule has 0 fully saturated rings. The highest BCUT2D eigenvalue weighted by Gasteiger charge is 2.35. The maximum absolute atomic E-state index is 12.1. The molecule has 0 aliphatic heterocycles. The normalized spacial score (nSPS) is 12.1. The zero-order chi connectivity index (χ0) is 19.3. The van der Waals surface area contributed by atoms with Crippen molar-refractivity contribution in [2.45, 2.75) is 9.96 Å². The summed E-state index contributed by atoms with van der Waals surface area (Å²) in [6.07, 6.45) is 0.116. The van der Waals surface area contributed by atoms with Crippen molar-refractivity contribution in [3.05, 3.63) is 58.5 Å². The van der Waals surface area contributed by atoms with Gasteiger partial charge in [0.15, 0.2) is 10.9 Å². The van der Waals surface area contributed by atoms with E-state index >= 15 is 0 Å². The second-order valence-corrected chi connectivity index (χ2v) is 7.61. The molecule has 0 bridgehead atoms. The minimum absolute atomic E-state index is 0.0172. The van der Waals surface area contributed by atoms with Crippen molar-refractivity contribution >= 4 is 69.4 Å². The highest BCUT2D eigenvalue weighted by atomic mass is 35.6. The number of nitrogens with zero attached hydrogens (tertiary/aromatic N) is 1. The molecule has 0 saturated carbocycles. The molecule has 1 amide bonds. The molecule has 1 aromatic heterocycles. The summed E-state index contributed by atoms with van der Waals surface area (Å²) in [7, 11) is 0. The molecular formula is C14H11Cl3N4O4S. The van der Waals surface area contributed by atoms with Gasteiger partial charge in [0.2, 0.25) is 3.79 Å². The number of carbonyl (C=O) groups is 1. The highest BCUT2D eigenvalue weighted by molar-refractivity contribution is 7.80. The Kier molecular flexibility index (Phi) is 6.65. The van der Waals surface area contributed by atoms with E-state index in [1.54, 1.807) is 6.07 Å². The topological polar surface area (TPSA) is 109 Å². The lowest BCUT2D eigenvalue weighted by molar-refractivity contribution is -0.384. The smallest absolute Gasteiger partial charge is 0.288 e. The largest absolute Gasteiger partial charge is 0.459 e. The molecule has 138 valence electrons. The Hall–Kier alpha value is -2.07. The molecule has 0 aliphatic rings. The van der Waals surface area contributed by atoms with Gasteiger partial charge in [-0.15, -0.1) is 0 Å². The van der Waals surface area contributed by atoms with Crippen LogP contribution in [0.4, 0.5) is 11.4 Å². The number of carbonyl (C=O) groups excluding carboxylic acids is 1. The Morgan fingerprint density at radius 3 is 2.54 bits per heavy atom. The molecule has 0 radical (unpaired) electrons. The van der Waals surface area contributed by atoms with Crippen LogP contribution in [-0.2, 0) is 0 Å². The van der Waals surface area contributed by atoms with Crippen molar-refractivity contribution in [2.24, 2.45) is 0 Å². The number of non-ortho nitro benzene ring substituents is 1. The van der Waals surface area contributed by atoms with Gasteiger partial charge >= 0.3 is 0 Å². The van der Waals surface area contributed by atoms with Crippen LogP contribution in [0.5, 0.6) is 0 Å². The van der Waals surface area contributed by atoms with Crippen molar-refractivity contribution in [1.29, 1.82) is 0 Å². The van der Waals surface area contributed by atoms with E-state index < -0.39 is 20.8 Å². The van der Waals surface area contributed by atoms with Crippen molar-refractivity contribution in [1.82, 2.24) is 10.6 Å². The van der Waals surface area contributed by atoms with E-state index in [9.17, 15) is 14.9 Å². The van der Waals surface area contributed by atoms with Gasteiger partial charge in [0.1, 0.15) is 6.17 Å². The van der Waals surface area contributed by atoms with Crippen LogP contribution in [0.15, 0.2) is 47.1 Å². The van der Waals surface area contributed by atoms with Gasteiger partial charge in [-0.1, -0.05) is 40.9 Å². The summed E-state index contributed by atoms with van der Waals surface area (Å²) in [5.41, 5.74) is 0.221. The van der Waals surface area contributed by atoms with Crippen LogP contribution >= 0.6 is 47.0 Å². The van der Waals surface area contributed by atoms with Crippen LogP contribution in [0, 0.1) is 10.1 Å². The van der Waals surface area contributed by atoms with E-state index in [-0.39, 0.29) is 16.6 Å². The van der Waals surface area contributed by atoms with Crippen LogP contribution in [0.25, 0.3) is 0 Å². The Morgan fingerprint density at radius 2 is 1.96 bits per heavy atom. The summed E-state index contributed by atoms with van der Waals surface area (Å²) in [6, 6.07) is 8.61. The number of benzene rings is 1. The fraction of sp³-hybridized carbons (Fsp3) is 0.143. The molecule has 0 saturated heterocycles. The van der Waals surface area contributed by atoms with Crippen molar-refractivity contribution in [3.8, 4) is 0 Å². The molecule has 12 heteroatoms. The molecule has 2 rings (SSSR count). The molecular weight excluding hydrogens is 427 g/mol. The number of nitro benzene ring substituents is 1. The Balaban J connectivity index is 2.06. The quantitative estimate of drug-likeness (QED) is 0.215. The zero-order valence-corrected chi connectivity index (χ0v) is 15.8. The second-order valence-electron chi connectivity index (χ2n) is 4.83. The third kappa shape index (κ3) is 5.73. The van der Waals surface area contributed by atoms with Crippen LogP contribution < -0.4 is 16.0 Å². The van der Waals surface area contributed by atoms with E-state index in [2.05, 4.69) is 16.0 Å². The second kappa shape index (κ2) is 8.54. The van der Waals surface area contributed by atoms with E-state index in [1.165, 1.54) is 36.6 Å². The maximum atomic E-state index is 12.1. The Labute approximate surface area is 167 Å².